The van der Waals surface area contributed by atoms with Crippen molar-refractivity contribution in [3.63, 3.8) is 0 Å². The van der Waals surface area contributed by atoms with Gasteiger partial charge in [-0.1, -0.05) is 0 Å². The first-order chi connectivity index (χ1) is 7.02. The molecule has 0 aromatic heterocycles. The summed E-state index contributed by atoms with van der Waals surface area (Å²) < 4.78 is 36.7. The topological polar surface area (TPSA) is 29.0 Å². The molecule has 1 unspecified atom stereocenters. The predicted octanol–water partition coefficient (Wildman–Crippen LogP) is 1.85. The van der Waals surface area contributed by atoms with E-state index < -0.39 is 11.7 Å². The Balaban J connectivity index is 2.12. The minimum atomic E-state index is -4.26. The Hall–Kier alpha value is -1.23. The second-order valence-corrected chi connectivity index (χ2v) is 3.59. The molecule has 5 heteroatoms. The molecule has 1 aliphatic heterocycles. The maximum Gasteiger partial charge on any atom is 0.416 e. The molecule has 1 aromatic carbocycles. The van der Waals surface area contributed by atoms with Crippen molar-refractivity contribution in [3.05, 3.63) is 29.8 Å². The minimum Gasteiger partial charge on any atom is -0.363 e. The van der Waals surface area contributed by atoms with E-state index in [1.807, 2.05) is 4.90 Å². The van der Waals surface area contributed by atoms with Crippen LogP contribution in [0.4, 0.5) is 18.9 Å². The standard InChI is InChI=1S/C10H11F3N2/c11-10(12,13)7-1-3-8(4-2-7)15-6-9(15)5-14/h1-4,9H,5-6,14H2. The highest BCUT2D eigenvalue weighted by atomic mass is 19.4. The first-order valence-electron chi connectivity index (χ1n) is 4.66. The van der Waals surface area contributed by atoms with E-state index in [2.05, 4.69) is 0 Å². The Kier molecular flexibility index (Phi) is 2.34. The molecule has 0 bridgehead atoms. The van der Waals surface area contributed by atoms with Crippen LogP contribution in [0.2, 0.25) is 0 Å². The first-order valence-corrected chi connectivity index (χ1v) is 4.66. The molecule has 2 nitrogen and oxygen atoms in total. The molecule has 2 N–H and O–H groups in total. The van der Waals surface area contributed by atoms with Crippen LogP contribution in [0.3, 0.4) is 0 Å². The normalized spacial score (nSPS) is 20.5. The highest BCUT2D eigenvalue weighted by molar-refractivity contribution is 5.54. The molecule has 1 fully saturated rings. The molecule has 15 heavy (non-hydrogen) atoms. The second-order valence-electron chi connectivity index (χ2n) is 3.59. The molecule has 1 saturated heterocycles. The number of halogens is 3. The summed E-state index contributed by atoms with van der Waals surface area (Å²) in [5.74, 6) is 0. The van der Waals surface area contributed by atoms with Crippen LogP contribution in [0.15, 0.2) is 24.3 Å². The van der Waals surface area contributed by atoms with Gasteiger partial charge in [-0.05, 0) is 24.3 Å². The lowest BCUT2D eigenvalue weighted by molar-refractivity contribution is -0.137. The van der Waals surface area contributed by atoms with E-state index in [1.165, 1.54) is 12.1 Å². The molecule has 1 heterocycles. The highest BCUT2D eigenvalue weighted by Crippen LogP contribution is 2.32. The summed E-state index contributed by atoms with van der Waals surface area (Å²) in [4.78, 5) is 1.97. The lowest BCUT2D eigenvalue weighted by Crippen LogP contribution is -2.12. The fourth-order valence-corrected chi connectivity index (χ4v) is 1.54. The largest absolute Gasteiger partial charge is 0.416 e. The smallest absolute Gasteiger partial charge is 0.363 e. The Labute approximate surface area is 85.5 Å². The lowest BCUT2D eigenvalue weighted by atomic mass is 10.2. The van der Waals surface area contributed by atoms with Crippen molar-refractivity contribution in [1.82, 2.24) is 0 Å². The van der Waals surface area contributed by atoms with E-state index in [-0.39, 0.29) is 0 Å². The first kappa shape index (κ1) is 10.3. The van der Waals surface area contributed by atoms with Gasteiger partial charge in [0.2, 0.25) is 0 Å². The third-order valence-electron chi connectivity index (χ3n) is 2.51. The molecule has 0 saturated carbocycles. The quantitative estimate of drug-likeness (QED) is 0.764. The molecule has 82 valence electrons. The van der Waals surface area contributed by atoms with Crippen LogP contribution in [-0.2, 0) is 6.18 Å². The number of hydrogen-bond acceptors (Lipinski definition) is 2. The fourth-order valence-electron chi connectivity index (χ4n) is 1.54. The van der Waals surface area contributed by atoms with Crippen molar-refractivity contribution < 1.29 is 13.2 Å². The summed E-state index contributed by atoms with van der Waals surface area (Å²) in [6, 6.07) is 5.46. The van der Waals surface area contributed by atoms with E-state index >= 15 is 0 Å². The van der Waals surface area contributed by atoms with Gasteiger partial charge in [0.15, 0.2) is 0 Å². The third-order valence-corrected chi connectivity index (χ3v) is 2.51. The Bertz CT molecular complexity index is 345. The van der Waals surface area contributed by atoms with Gasteiger partial charge in [0, 0.05) is 18.8 Å². The van der Waals surface area contributed by atoms with Gasteiger partial charge in [-0.3, -0.25) is 0 Å². The number of benzene rings is 1. The van der Waals surface area contributed by atoms with E-state index in [0.717, 1.165) is 24.4 Å². The minimum absolute atomic E-state index is 0.293. The summed E-state index contributed by atoms with van der Waals surface area (Å²) in [5.41, 5.74) is 5.63. The average molecular weight is 216 g/mol. The van der Waals surface area contributed by atoms with E-state index in [9.17, 15) is 13.2 Å². The summed E-state index contributed by atoms with van der Waals surface area (Å²) in [5, 5.41) is 0. The average Bonchev–Trinajstić information content (AvgIpc) is 2.95. The van der Waals surface area contributed by atoms with Crippen molar-refractivity contribution in [1.29, 1.82) is 0 Å². The fraction of sp³-hybridized carbons (Fsp3) is 0.400. The lowest BCUT2D eigenvalue weighted by Gasteiger charge is -2.08. The number of nitrogens with two attached hydrogens (primary N) is 1. The molecule has 0 aliphatic carbocycles. The SMILES string of the molecule is NCC1CN1c1ccc(C(F)(F)F)cc1. The third kappa shape index (κ3) is 2.07. The van der Waals surface area contributed by atoms with Crippen LogP contribution in [0.1, 0.15) is 5.56 Å². The summed E-state index contributed by atoms with van der Waals surface area (Å²) >= 11 is 0. The van der Waals surface area contributed by atoms with Crippen molar-refractivity contribution >= 4 is 5.69 Å². The maximum absolute atomic E-state index is 12.2. The summed E-state index contributed by atoms with van der Waals surface area (Å²) in [6.07, 6.45) is -4.26. The van der Waals surface area contributed by atoms with Crippen molar-refractivity contribution in [2.45, 2.75) is 12.2 Å². The zero-order valence-corrected chi connectivity index (χ0v) is 7.96. The van der Waals surface area contributed by atoms with Crippen LogP contribution in [-0.4, -0.2) is 19.1 Å². The summed E-state index contributed by atoms with van der Waals surface area (Å²) in [6.45, 7) is 1.38. The molecule has 2 rings (SSSR count). The van der Waals surface area contributed by atoms with Crippen LogP contribution < -0.4 is 10.6 Å². The van der Waals surface area contributed by atoms with Gasteiger partial charge in [0.1, 0.15) is 0 Å². The molecule has 1 aromatic rings. The molecular weight excluding hydrogens is 205 g/mol. The van der Waals surface area contributed by atoms with Crippen molar-refractivity contribution in [2.75, 3.05) is 18.0 Å². The molecule has 0 spiro atoms. The zero-order valence-electron chi connectivity index (χ0n) is 7.96. The van der Waals surface area contributed by atoms with Crippen LogP contribution in [0, 0.1) is 0 Å². The van der Waals surface area contributed by atoms with Gasteiger partial charge in [-0.15, -0.1) is 0 Å². The Morgan fingerprint density at radius 3 is 2.27 bits per heavy atom. The number of rotatable bonds is 2. The molecular formula is C10H11F3N2. The number of nitrogens with zero attached hydrogens (tertiary/aromatic N) is 1. The van der Waals surface area contributed by atoms with Crippen LogP contribution in [0.5, 0.6) is 0 Å². The molecule has 1 aliphatic rings. The second kappa shape index (κ2) is 3.41. The van der Waals surface area contributed by atoms with Crippen LogP contribution in [0.25, 0.3) is 0 Å². The van der Waals surface area contributed by atoms with Gasteiger partial charge < -0.3 is 10.6 Å². The monoisotopic (exact) mass is 216 g/mol. The van der Waals surface area contributed by atoms with E-state index in [0.29, 0.717) is 12.6 Å². The maximum atomic E-state index is 12.2. The number of alkyl halides is 3. The number of hydrogen-bond donors (Lipinski definition) is 1. The zero-order chi connectivity index (χ0) is 11.1. The van der Waals surface area contributed by atoms with Crippen LogP contribution >= 0.6 is 0 Å². The molecule has 1 atom stereocenters. The van der Waals surface area contributed by atoms with E-state index in [1.54, 1.807) is 0 Å². The highest BCUT2D eigenvalue weighted by Gasteiger charge is 2.34. The van der Waals surface area contributed by atoms with Gasteiger partial charge in [-0.2, -0.15) is 13.2 Å². The Morgan fingerprint density at radius 2 is 1.87 bits per heavy atom. The van der Waals surface area contributed by atoms with E-state index in [4.69, 9.17) is 5.73 Å². The number of anilines is 1. The summed E-state index contributed by atoms with van der Waals surface area (Å²) in [7, 11) is 0. The van der Waals surface area contributed by atoms with Gasteiger partial charge in [0.25, 0.3) is 0 Å². The van der Waals surface area contributed by atoms with Crippen molar-refractivity contribution in [2.24, 2.45) is 5.73 Å². The predicted molar refractivity (Wildman–Crippen MR) is 51.6 cm³/mol. The van der Waals surface area contributed by atoms with Gasteiger partial charge in [-0.25, -0.2) is 0 Å². The molecule has 0 amide bonds. The Morgan fingerprint density at radius 1 is 1.27 bits per heavy atom. The van der Waals surface area contributed by atoms with Gasteiger partial charge >= 0.3 is 6.18 Å². The van der Waals surface area contributed by atoms with Gasteiger partial charge in [0.05, 0.1) is 11.6 Å². The molecule has 0 radical (unpaired) electrons. The van der Waals surface area contributed by atoms with Crippen molar-refractivity contribution in [3.8, 4) is 0 Å².